The minimum absolute atomic E-state index is 0.0839. The van der Waals surface area contributed by atoms with Gasteiger partial charge in [-0.1, -0.05) is 40.6 Å². The Balaban J connectivity index is 1.85. The van der Waals surface area contributed by atoms with Crippen LogP contribution in [0.1, 0.15) is 23.0 Å². The van der Waals surface area contributed by atoms with E-state index in [0.717, 1.165) is 5.56 Å². The highest BCUT2D eigenvalue weighted by molar-refractivity contribution is 5.79. The number of ether oxygens (including phenoxy) is 1. The number of rotatable bonds is 4. The summed E-state index contributed by atoms with van der Waals surface area (Å²) in [5.74, 6) is -0.0839. The van der Waals surface area contributed by atoms with Crippen LogP contribution in [-0.2, 0) is 16.0 Å². The molecule has 1 aliphatic rings. The Morgan fingerprint density at radius 3 is 2.78 bits per heavy atom. The Morgan fingerprint density at radius 1 is 1.35 bits per heavy atom. The highest BCUT2D eigenvalue weighted by atomic mass is 16.6. The van der Waals surface area contributed by atoms with Gasteiger partial charge in [0.1, 0.15) is 17.5 Å². The number of hydrogen-bond acceptors (Lipinski definition) is 6. The van der Waals surface area contributed by atoms with E-state index in [-0.39, 0.29) is 25.0 Å². The van der Waals surface area contributed by atoms with Crippen molar-refractivity contribution >= 4 is 5.91 Å². The first-order chi connectivity index (χ1) is 11.2. The number of aliphatic hydroxyl groups is 1. The summed E-state index contributed by atoms with van der Waals surface area (Å²) < 4.78 is 10.3. The predicted octanol–water partition coefficient (Wildman–Crippen LogP) is 0.882. The van der Waals surface area contributed by atoms with Crippen LogP contribution in [0.15, 0.2) is 35.0 Å². The van der Waals surface area contributed by atoms with E-state index in [4.69, 9.17) is 4.74 Å². The fourth-order valence-corrected chi connectivity index (χ4v) is 2.87. The minimum Gasteiger partial charge on any atom is -0.394 e. The lowest BCUT2D eigenvalue weighted by atomic mass is 9.97. The first-order valence-electron chi connectivity index (χ1n) is 7.55. The molecule has 23 heavy (non-hydrogen) atoms. The molecule has 1 N–H and O–H groups in total. The van der Waals surface area contributed by atoms with E-state index in [1.165, 1.54) is 0 Å². The van der Waals surface area contributed by atoms with E-state index in [0.29, 0.717) is 24.5 Å². The van der Waals surface area contributed by atoms with E-state index in [2.05, 4.69) is 14.9 Å². The third-order valence-electron chi connectivity index (χ3n) is 4.06. The summed E-state index contributed by atoms with van der Waals surface area (Å²) in [6.07, 6.45) is -0.316. The summed E-state index contributed by atoms with van der Waals surface area (Å²) >= 11 is 0. The lowest BCUT2D eigenvalue weighted by molar-refractivity contribution is -0.149. The molecule has 1 aromatic carbocycles. The smallest absolute Gasteiger partial charge is 0.229 e. The minimum atomic E-state index is -0.438. The van der Waals surface area contributed by atoms with Gasteiger partial charge in [-0.3, -0.25) is 4.79 Å². The van der Waals surface area contributed by atoms with Crippen molar-refractivity contribution < 1.29 is 19.3 Å². The Bertz CT molecular complexity index is 658. The second kappa shape index (κ2) is 6.89. The molecule has 2 aromatic rings. The number of morpholine rings is 1. The molecule has 0 bridgehead atoms. The zero-order chi connectivity index (χ0) is 16.2. The molecule has 1 saturated heterocycles. The molecular formula is C16H19N3O4. The second-order valence-electron chi connectivity index (χ2n) is 5.51. The van der Waals surface area contributed by atoms with Gasteiger partial charge in [-0.25, -0.2) is 4.63 Å². The van der Waals surface area contributed by atoms with Crippen LogP contribution in [-0.4, -0.2) is 52.1 Å². The van der Waals surface area contributed by atoms with Gasteiger partial charge >= 0.3 is 0 Å². The summed E-state index contributed by atoms with van der Waals surface area (Å²) in [6, 6.07) is 9.29. The Labute approximate surface area is 133 Å². The lowest BCUT2D eigenvalue weighted by Gasteiger charge is -2.41. The third-order valence-corrected chi connectivity index (χ3v) is 4.06. The molecule has 1 aliphatic heterocycles. The maximum absolute atomic E-state index is 12.7. The SMILES string of the molecule is Cc1nonc1CC(=O)N1CCO[C@H](CO)[C@H]1c1ccccc1. The van der Waals surface area contributed by atoms with E-state index >= 15 is 0 Å². The quantitative estimate of drug-likeness (QED) is 0.900. The zero-order valence-corrected chi connectivity index (χ0v) is 12.9. The summed E-state index contributed by atoms with van der Waals surface area (Å²) in [4.78, 5) is 14.5. The van der Waals surface area contributed by atoms with Gasteiger partial charge in [0, 0.05) is 6.54 Å². The van der Waals surface area contributed by atoms with Crippen molar-refractivity contribution in [2.24, 2.45) is 0 Å². The van der Waals surface area contributed by atoms with Crippen molar-refractivity contribution in [3.63, 3.8) is 0 Å². The zero-order valence-electron chi connectivity index (χ0n) is 12.9. The number of benzene rings is 1. The Kier molecular flexibility index (Phi) is 4.68. The molecular weight excluding hydrogens is 298 g/mol. The number of aromatic nitrogens is 2. The van der Waals surface area contributed by atoms with Gasteiger partial charge in [0.15, 0.2) is 0 Å². The standard InChI is InChI=1S/C16H19N3O4/c1-11-13(18-23-17-11)9-15(21)19-7-8-22-14(10-20)16(19)12-5-3-2-4-6-12/h2-6,14,16,20H,7-10H2,1H3/t14-,16-/m1/s1. The molecule has 0 saturated carbocycles. The van der Waals surface area contributed by atoms with Crippen molar-refractivity contribution in [2.45, 2.75) is 25.5 Å². The van der Waals surface area contributed by atoms with Crippen LogP contribution in [0.3, 0.4) is 0 Å². The van der Waals surface area contributed by atoms with Gasteiger partial charge < -0.3 is 14.7 Å². The fourth-order valence-electron chi connectivity index (χ4n) is 2.87. The Morgan fingerprint density at radius 2 is 2.13 bits per heavy atom. The largest absolute Gasteiger partial charge is 0.394 e. The van der Waals surface area contributed by atoms with Crippen LogP contribution >= 0.6 is 0 Å². The lowest BCUT2D eigenvalue weighted by Crippen LogP contribution is -2.50. The van der Waals surface area contributed by atoms with Crippen molar-refractivity contribution in [2.75, 3.05) is 19.8 Å². The summed E-state index contributed by atoms with van der Waals surface area (Å²) in [7, 11) is 0. The molecule has 122 valence electrons. The van der Waals surface area contributed by atoms with Gasteiger partial charge in [0.2, 0.25) is 5.91 Å². The van der Waals surface area contributed by atoms with Crippen molar-refractivity contribution in [1.82, 2.24) is 15.2 Å². The molecule has 0 aliphatic carbocycles. The van der Waals surface area contributed by atoms with Gasteiger partial charge in [-0.15, -0.1) is 0 Å². The van der Waals surface area contributed by atoms with Gasteiger partial charge in [0.05, 0.1) is 25.7 Å². The fraction of sp³-hybridized carbons (Fsp3) is 0.438. The van der Waals surface area contributed by atoms with Crippen molar-refractivity contribution in [3.05, 3.63) is 47.3 Å². The van der Waals surface area contributed by atoms with E-state index in [1.54, 1.807) is 11.8 Å². The van der Waals surface area contributed by atoms with Gasteiger partial charge in [0.25, 0.3) is 0 Å². The summed E-state index contributed by atoms with van der Waals surface area (Å²) in [6.45, 7) is 2.48. The van der Waals surface area contributed by atoms with Crippen LogP contribution < -0.4 is 0 Å². The van der Waals surface area contributed by atoms with Crippen molar-refractivity contribution in [3.8, 4) is 0 Å². The average molecular weight is 317 g/mol. The molecule has 0 spiro atoms. The first-order valence-corrected chi connectivity index (χ1v) is 7.55. The van der Waals surface area contributed by atoms with Crippen LogP contribution in [0.4, 0.5) is 0 Å². The molecule has 3 rings (SSSR count). The molecule has 0 unspecified atom stereocenters. The average Bonchev–Trinajstić information content (AvgIpc) is 2.99. The summed E-state index contributed by atoms with van der Waals surface area (Å²) in [5, 5.41) is 17.1. The van der Waals surface area contributed by atoms with Gasteiger partial charge in [-0.2, -0.15) is 0 Å². The van der Waals surface area contributed by atoms with Crippen LogP contribution in [0, 0.1) is 6.92 Å². The normalized spacial score (nSPS) is 21.4. The van der Waals surface area contributed by atoms with Crippen molar-refractivity contribution in [1.29, 1.82) is 0 Å². The van der Waals surface area contributed by atoms with E-state index in [9.17, 15) is 9.90 Å². The maximum Gasteiger partial charge on any atom is 0.229 e. The Hall–Kier alpha value is -2.25. The monoisotopic (exact) mass is 317 g/mol. The van der Waals surface area contributed by atoms with Crippen LogP contribution in [0.25, 0.3) is 0 Å². The molecule has 1 aromatic heterocycles. The first kappa shape index (κ1) is 15.6. The number of nitrogens with zero attached hydrogens (tertiary/aromatic N) is 3. The molecule has 0 radical (unpaired) electrons. The van der Waals surface area contributed by atoms with Crippen LogP contribution in [0.5, 0.6) is 0 Å². The highest BCUT2D eigenvalue weighted by Gasteiger charge is 2.36. The van der Waals surface area contributed by atoms with Crippen LogP contribution in [0.2, 0.25) is 0 Å². The number of aryl methyl sites for hydroxylation is 1. The number of carbonyl (C=O) groups is 1. The number of amides is 1. The molecule has 2 atom stereocenters. The number of aliphatic hydroxyl groups excluding tert-OH is 1. The predicted molar refractivity (Wildman–Crippen MR) is 80.5 cm³/mol. The van der Waals surface area contributed by atoms with Gasteiger partial charge in [-0.05, 0) is 12.5 Å². The summed E-state index contributed by atoms with van der Waals surface area (Å²) in [5.41, 5.74) is 2.09. The second-order valence-corrected chi connectivity index (χ2v) is 5.51. The molecule has 1 amide bonds. The molecule has 1 fully saturated rings. The topological polar surface area (TPSA) is 88.7 Å². The van der Waals surface area contributed by atoms with E-state index in [1.807, 2.05) is 30.3 Å². The maximum atomic E-state index is 12.7. The molecule has 7 nitrogen and oxygen atoms in total. The third kappa shape index (κ3) is 3.25. The number of carbonyl (C=O) groups excluding carboxylic acids is 1. The molecule has 7 heteroatoms. The van der Waals surface area contributed by atoms with E-state index < -0.39 is 6.10 Å². The highest BCUT2D eigenvalue weighted by Crippen LogP contribution is 2.30. The molecule has 2 heterocycles. The number of hydrogen-bond donors (Lipinski definition) is 1.